The van der Waals surface area contributed by atoms with Gasteiger partial charge in [-0.25, -0.2) is 4.57 Å². The van der Waals surface area contributed by atoms with Crippen molar-refractivity contribution in [3.05, 3.63) is 103 Å². The van der Waals surface area contributed by atoms with E-state index in [-0.39, 0.29) is 30.4 Å². The Morgan fingerprint density at radius 1 is 0.864 bits per heavy atom. The van der Waals surface area contributed by atoms with E-state index in [1.165, 1.54) is 0 Å². The van der Waals surface area contributed by atoms with E-state index in [0.717, 1.165) is 38.2 Å². The second-order valence-electron chi connectivity index (χ2n) is 10.9. The molecule has 5 aromatic carbocycles. The monoisotopic (exact) mass is 614 g/mol. The molecule has 44 heavy (non-hydrogen) atoms. The Hall–Kier alpha value is -4.40. The Bertz CT molecular complexity index is 1730. The second-order valence-corrected chi connectivity index (χ2v) is 12.2. The third-order valence-corrected chi connectivity index (χ3v) is 7.92. The maximum Gasteiger partial charge on any atom is 0.372 e. The van der Waals surface area contributed by atoms with Crippen molar-refractivity contribution in [2.75, 3.05) is 13.2 Å². The number of carbonyl (C=O) groups is 1. The van der Waals surface area contributed by atoms with Gasteiger partial charge >= 0.3 is 7.82 Å². The van der Waals surface area contributed by atoms with Crippen molar-refractivity contribution in [3.8, 4) is 28.4 Å². The van der Waals surface area contributed by atoms with Crippen molar-refractivity contribution < 1.29 is 38.5 Å². The molecule has 0 spiro atoms. The van der Waals surface area contributed by atoms with Gasteiger partial charge in [0.15, 0.2) is 0 Å². The first kappa shape index (κ1) is 31.0. The number of fused-ring (bicyclic) bond motifs is 7. The van der Waals surface area contributed by atoms with Crippen LogP contribution in [0, 0.1) is 0 Å². The van der Waals surface area contributed by atoms with Crippen molar-refractivity contribution in [1.82, 2.24) is 0 Å². The molecule has 9 nitrogen and oxygen atoms in total. The minimum atomic E-state index is -4.50. The number of primary amides is 1. The Morgan fingerprint density at radius 2 is 1.39 bits per heavy atom. The van der Waals surface area contributed by atoms with Gasteiger partial charge in [0.05, 0.1) is 12.5 Å². The normalized spacial score (nSPS) is 13.8. The molecule has 0 saturated carbocycles. The summed E-state index contributed by atoms with van der Waals surface area (Å²) in [6.07, 6.45) is -0.264. The van der Waals surface area contributed by atoms with Gasteiger partial charge in [0.2, 0.25) is 5.91 Å². The summed E-state index contributed by atoms with van der Waals surface area (Å²) in [6, 6.07) is 30.3. The highest BCUT2D eigenvalue weighted by Gasteiger charge is 2.27. The van der Waals surface area contributed by atoms with Gasteiger partial charge in [-0.1, -0.05) is 72.8 Å². The van der Waals surface area contributed by atoms with Crippen molar-refractivity contribution in [1.29, 1.82) is 0 Å². The van der Waals surface area contributed by atoms with Crippen molar-refractivity contribution in [2.24, 2.45) is 5.73 Å². The summed E-state index contributed by atoms with van der Waals surface area (Å²) in [4.78, 5) is 23.0. The molecule has 5 N–H and O–H groups in total. The van der Waals surface area contributed by atoms with Crippen molar-refractivity contribution >= 4 is 35.3 Å². The third kappa shape index (κ3) is 7.56. The Balaban J connectivity index is 0.000000183. The third-order valence-electron chi connectivity index (χ3n) is 7.08. The van der Waals surface area contributed by atoms with E-state index in [1.54, 1.807) is 36.4 Å². The maximum absolute atomic E-state index is 12.3. The van der Waals surface area contributed by atoms with Crippen LogP contribution in [0.2, 0.25) is 0 Å². The van der Waals surface area contributed by atoms with E-state index in [0.29, 0.717) is 18.3 Å². The van der Waals surface area contributed by atoms with Gasteiger partial charge in [-0.05, 0) is 65.2 Å². The van der Waals surface area contributed by atoms with Gasteiger partial charge < -0.3 is 34.8 Å². The average molecular weight is 615 g/mol. The largest absolute Gasteiger partial charge is 0.736 e. The van der Waals surface area contributed by atoms with E-state index in [1.807, 2.05) is 60.7 Å². The molecule has 0 fully saturated rings. The minimum absolute atomic E-state index is 0.228. The SMILES string of the molecule is CC(C)[NH2+]C[C@H](O)COc1ccc(CC(N)=O)cc1.O=P1([O-])Oc2ccc3ccccc3c2-c2c(ccc3ccccc23)O1. The number of carbonyl (C=O) groups excluding carboxylic acids is 1. The Morgan fingerprint density at radius 3 is 1.89 bits per heavy atom. The molecular weight excluding hydrogens is 579 g/mol. The zero-order valence-corrected chi connectivity index (χ0v) is 25.4. The van der Waals surface area contributed by atoms with E-state index in [2.05, 4.69) is 19.2 Å². The first-order valence-corrected chi connectivity index (χ1v) is 15.8. The van der Waals surface area contributed by atoms with Crippen LogP contribution in [-0.2, 0) is 15.8 Å². The molecule has 1 aliphatic rings. The van der Waals surface area contributed by atoms with E-state index in [4.69, 9.17) is 19.5 Å². The number of nitrogens with two attached hydrogens (primary N) is 2. The molecular formula is C34H35N2O7P. The number of rotatable bonds is 8. The van der Waals surface area contributed by atoms with Crippen molar-refractivity contribution in [2.45, 2.75) is 32.4 Å². The quantitative estimate of drug-likeness (QED) is 0.221. The average Bonchev–Trinajstić information content (AvgIpc) is 3.12. The first-order chi connectivity index (χ1) is 21.1. The fourth-order valence-corrected chi connectivity index (χ4v) is 5.85. The molecule has 0 radical (unpaired) electrons. The lowest BCUT2D eigenvalue weighted by Crippen LogP contribution is -2.90. The van der Waals surface area contributed by atoms with Gasteiger partial charge in [-0.3, -0.25) is 4.79 Å². The summed E-state index contributed by atoms with van der Waals surface area (Å²) in [5.41, 5.74) is 7.44. The molecule has 6 rings (SSSR count). The van der Waals surface area contributed by atoms with Crippen LogP contribution in [0.25, 0.3) is 32.7 Å². The van der Waals surface area contributed by atoms with Crippen LogP contribution in [0.15, 0.2) is 97.1 Å². The number of aliphatic hydroxyl groups is 1. The number of quaternary nitrogens is 1. The summed E-state index contributed by atoms with van der Waals surface area (Å²) in [7, 11) is -4.50. The topological polar surface area (TPSA) is 148 Å². The van der Waals surface area contributed by atoms with E-state index in [9.17, 15) is 19.4 Å². The van der Waals surface area contributed by atoms with E-state index >= 15 is 0 Å². The number of phosphoric acid groups is 1. The summed E-state index contributed by atoms with van der Waals surface area (Å²) in [5, 5.41) is 15.6. The van der Waals surface area contributed by atoms with Crippen LogP contribution in [0.5, 0.6) is 17.2 Å². The fraction of sp³-hybridized carbons (Fsp3) is 0.206. The standard InChI is InChI=1S/C20H13O4P.C14H22N2O3/c21-25(22)23-17-11-9-13-5-1-3-7-15(13)19(17)20-16-8-4-2-6-14(16)10-12-18(20)24-25;1-10(2)16-8-12(17)9-19-13-5-3-11(4-6-13)7-14(15)18/h1-12H,(H,21,22);3-6,10,12,16-17H,7-9H2,1-2H3,(H2,15,18)/t;12-/m.0/s1. The predicted octanol–water partition coefficient (Wildman–Crippen LogP) is 4.33. The molecule has 228 valence electrons. The predicted molar refractivity (Wildman–Crippen MR) is 169 cm³/mol. The van der Waals surface area contributed by atoms with Crippen molar-refractivity contribution in [3.63, 3.8) is 0 Å². The highest BCUT2D eigenvalue weighted by atomic mass is 31.2. The van der Waals surface area contributed by atoms with Crippen LogP contribution in [0.3, 0.4) is 0 Å². The smallest absolute Gasteiger partial charge is 0.372 e. The molecule has 1 aliphatic heterocycles. The van der Waals surface area contributed by atoms with Crippen LogP contribution in [0.4, 0.5) is 0 Å². The van der Waals surface area contributed by atoms with Crippen LogP contribution >= 0.6 is 7.82 Å². The zero-order chi connectivity index (χ0) is 31.3. The molecule has 0 bridgehead atoms. The Labute approximate surface area is 255 Å². The summed E-state index contributed by atoms with van der Waals surface area (Å²) >= 11 is 0. The maximum atomic E-state index is 12.3. The molecule has 0 aromatic heterocycles. The molecule has 5 aromatic rings. The van der Waals surface area contributed by atoms with Gasteiger partial charge in [0.1, 0.15) is 36.5 Å². The molecule has 1 amide bonds. The number of amides is 1. The Kier molecular flexibility index (Phi) is 9.52. The number of aliphatic hydroxyl groups excluding tert-OH is 1. The molecule has 1 heterocycles. The highest BCUT2D eigenvalue weighted by molar-refractivity contribution is 7.46. The molecule has 10 heteroatoms. The fourth-order valence-electron chi connectivity index (χ4n) is 5.02. The number of ether oxygens (including phenoxy) is 1. The highest BCUT2D eigenvalue weighted by Crippen LogP contribution is 2.55. The zero-order valence-electron chi connectivity index (χ0n) is 24.5. The van der Waals surface area contributed by atoms with Gasteiger partial charge in [-0.2, -0.15) is 0 Å². The number of hydrogen-bond donors (Lipinski definition) is 3. The lowest BCUT2D eigenvalue weighted by atomic mass is 9.92. The van der Waals surface area contributed by atoms with Gasteiger partial charge in [0.25, 0.3) is 0 Å². The summed E-state index contributed by atoms with van der Waals surface area (Å²) in [5.74, 6) is 0.893. The summed E-state index contributed by atoms with van der Waals surface area (Å²) in [6.45, 7) is 5.03. The lowest BCUT2D eigenvalue weighted by Gasteiger charge is -2.21. The number of benzene rings is 5. The molecule has 0 saturated heterocycles. The van der Waals surface area contributed by atoms with Crippen LogP contribution in [0.1, 0.15) is 19.4 Å². The minimum Gasteiger partial charge on any atom is -0.736 e. The second kappa shape index (κ2) is 13.5. The summed E-state index contributed by atoms with van der Waals surface area (Å²) < 4.78 is 28.2. The van der Waals surface area contributed by atoms with Gasteiger partial charge in [0, 0.05) is 11.1 Å². The lowest BCUT2D eigenvalue weighted by molar-refractivity contribution is -0.688. The van der Waals surface area contributed by atoms with Crippen LogP contribution in [-0.4, -0.2) is 36.3 Å². The molecule has 0 aliphatic carbocycles. The first-order valence-electron chi connectivity index (χ1n) is 14.3. The number of hydrogen-bond acceptors (Lipinski definition) is 7. The molecule has 1 atom stereocenters. The molecule has 0 unspecified atom stereocenters. The van der Waals surface area contributed by atoms with Gasteiger partial charge in [-0.15, -0.1) is 0 Å². The number of phosphoric ester groups is 1. The van der Waals surface area contributed by atoms with E-state index < -0.39 is 13.9 Å². The van der Waals surface area contributed by atoms with Crippen LogP contribution < -0.4 is 29.7 Å².